The van der Waals surface area contributed by atoms with E-state index in [1.807, 2.05) is 71.8 Å². The minimum absolute atomic E-state index is 0.0258. The van der Waals surface area contributed by atoms with Crippen molar-refractivity contribution in [1.29, 1.82) is 0 Å². The number of nitrogens with zero attached hydrogens (tertiary/aromatic N) is 7. The molecular formula is C52H54F4N14O. The van der Waals surface area contributed by atoms with Gasteiger partial charge in [0.25, 0.3) is 0 Å². The van der Waals surface area contributed by atoms with E-state index in [-0.39, 0.29) is 30.5 Å². The van der Waals surface area contributed by atoms with Crippen LogP contribution in [0.1, 0.15) is 52.7 Å². The molecule has 8 aromatic rings. The summed E-state index contributed by atoms with van der Waals surface area (Å²) in [6.45, 7) is 3.48. The fraction of sp³-hybridized carbons (Fsp3) is 0.212. The molecule has 4 aromatic carbocycles. The van der Waals surface area contributed by atoms with Gasteiger partial charge in [0.1, 0.15) is 34.7 Å². The highest BCUT2D eigenvalue weighted by molar-refractivity contribution is 5.95. The average Bonchev–Trinajstić information content (AvgIpc) is 4.03. The number of pyridine rings is 2. The normalized spacial score (nSPS) is 16.4. The standard InChI is InChI=1S/C26H27F2N7.C19H23N7.C7H4F2O/c27-22-4-1-5-23(28)21(22)15-34-12-2-3-19(14-34)35(30)16-24(29)18-6-7-25-20(13-18)26(33-32-25)17-8-10-31-11-9-17;20-17(12-26(21)15-2-1-7-23-11-15)14-3-4-18-16(10-14)19(25-24-18)13-5-8-22-9-6-13;8-6-2-1-3-7(9)5(6)4-10/h1,4-11,13,16,19H,2-3,12,14-15,29-30H2,(H,32,33);3-6,8-10,12,15,23H,1-2,7,11,20-21H2,(H,24,25);1-4H/b24-16-;17-12-;/t19-;15-;/m11./s1. The lowest BCUT2D eigenvalue weighted by Crippen LogP contribution is -2.48. The number of benzene rings is 4. The molecule has 0 aliphatic carbocycles. The minimum Gasteiger partial charge on any atom is -0.397 e. The van der Waals surface area contributed by atoms with Crippen molar-refractivity contribution < 1.29 is 22.4 Å². The second-order valence-corrected chi connectivity index (χ2v) is 17.2. The largest absolute Gasteiger partial charge is 0.397 e. The first-order chi connectivity index (χ1) is 34.5. The second-order valence-electron chi connectivity index (χ2n) is 17.2. The van der Waals surface area contributed by atoms with E-state index in [2.05, 4.69) is 35.7 Å². The molecule has 0 spiro atoms. The van der Waals surface area contributed by atoms with E-state index in [9.17, 15) is 22.4 Å². The molecule has 4 aromatic heterocycles. The van der Waals surface area contributed by atoms with Crippen molar-refractivity contribution in [3.05, 3.63) is 180 Å². The Bertz CT molecular complexity index is 3080. The number of carbonyl (C=O) groups excluding carboxylic acids is 1. The Morgan fingerprint density at radius 3 is 1.63 bits per heavy atom. The number of nitrogens with one attached hydrogen (secondary N) is 3. The molecule has 0 amide bonds. The average molecular weight is 967 g/mol. The Morgan fingerprint density at radius 1 is 0.662 bits per heavy atom. The molecule has 0 unspecified atom stereocenters. The monoisotopic (exact) mass is 966 g/mol. The Balaban J connectivity index is 0.000000164. The van der Waals surface area contributed by atoms with E-state index >= 15 is 0 Å². The molecule has 0 radical (unpaired) electrons. The summed E-state index contributed by atoms with van der Waals surface area (Å²) >= 11 is 0. The third-order valence-corrected chi connectivity index (χ3v) is 12.4. The van der Waals surface area contributed by atoms with Crippen molar-refractivity contribution in [2.75, 3.05) is 26.2 Å². The van der Waals surface area contributed by atoms with Crippen molar-refractivity contribution >= 4 is 39.5 Å². The van der Waals surface area contributed by atoms with E-state index in [1.165, 1.54) is 24.3 Å². The minimum atomic E-state index is -0.824. The first-order valence-corrected chi connectivity index (χ1v) is 23.0. The van der Waals surface area contributed by atoms with Gasteiger partial charge in [-0.15, -0.1) is 0 Å². The third kappa shape index (κ3) is 12.1. The van der Waals surface area contributed by atoms with E-state index < -0.39 is 28.8 Å². The molecule has 2 atom stereocenters. The first-order valence-electron chi connectivity index (χ1n) is 23.0. The zero-order valence-corrected chi connectivity index (χ0v) is 38.7. The summed E-state index contributed by atoms with van der Waals surface area (Å²) in [7, 11) is 0. The summed E-state index contributed by atoms with van der Waals surface area (Å²) in [4.78, 5) is 20.1. The highest BCUT2D eigenvalue weighted by Gasteiger charge is 2.25. The summed E-state index contributed by atoms with van der Waals surface area (Å²) in [5.74, 6) is 9.90. The Hall–Kier alpha value is -7.97. The number of aromatic amines is 2. The lowest BCUT2D eigenvalue weighted by molar-refractivity contribution is 0.111. The van der Waals surface area contributed by atoms with Gasteiger partial charge in [-0.25, -0.2) is 29.2 Å². The van der Waals surface area contributed by atoms with Crippen LogP contribution < -0.4 is 28.5 Å². The first kappa shape index (κ1) is 49.5. The van der Waals surface area contributed by atoms with Crippen LogP contribution in [0.3, 0.4) is 0 Å². The molecule has 0 saturated carbocycles. The van der Waals surface area contributed by atoms with Gasteiger partial charge in [0, 0.05) is 84.3 Å². The zero-order chi connectivity index (χ0) is 49.9. The van der Waals surface area contributed by atoms with Crippen LogP contribution in [0.2, 0.25) is 0 Å². The van der Waals surface area contributed by atoms with Gasteiger partial charge in [0.15, 0.2) is 6.29 Å². The maximum absolute atomic E-state index is 14.1. The molecule has 6 heterocycles. The molecule has 2 fully saturated rings. The number of fused-ring (bicyclic) bond motifs is 2. The summed E-state index contributed by atoms with van der Waals surface area (Å²) in [6.07, 6.45) is 14.6. The molecule has 366 valence electrons. The summed E-state index contributed by atoms with van der Waals surface area (Å²) in [5, 5.41) is 23.7. The van der Waals surface area contributed by atoms with Crippen LogP contribution in [0, 0.1) is 23.3 Å². The van der Waals surface area contributed by atoms with Crippen LogP contribution in [-0.4, -0.2) is 89.8 Å². The lowest BCUT2D eigenvalue weighted by Gasteiger charge is -2.37. The maximum Gasteiger partial charge on any atom is 0.155 e. The number of aldehydes is 1. The molecule has 2 saturated heterocycles. The van der Waals surface area contributed by atoms with Crippen molar-refractivity contribution in [3.8, 4) is 22.5 Å². The van der Waals surface area contributed by atoms with Crippen LogP contribution in [0.15, 0.2) is 134 Å². The van der Waals surface area contributed by atoms with Gasteiger partial charge in [-0.05, 0) is 123 Å². The quantitative estimate of drug-likeness (QED) is 0.0288. The van der Waals surface area contributed by atoms with E-state index in [0.29, 0.717) is 17.9 Å². The lowest BCUT2D eigenvalue weighted by atomic mass is 10.0. The molecule has 19 heteroatoms. The van der Waals surface area contributed by atoms with Crippen LogP contribution in [0.5, 0.6) is 0 Å². The number of aromatic nitrogens is 6. The van der Waals surface area contributed by atoms with Crippen LogP contribution in [-0.2, 0) is 6.54 Å². The molecule has 2 aliphatic heterocycles. The number of piperidine rings is 2. The van der Waals surface area contributed by atoms with Gasteiger partial charge in [0.2, 0.25) is 0 Å². The van der Waals surface area contributed by atoms with Gasteiger partial charge in [-0.3, -0.25) is 29.9 Å². The van der Waals surface area contributed by atoms with E-state index in [1.54, 1.807) is 41.0 Å². The SMILES string of the molecule is N/C(=C\N(N)[C@@H]1CCCN(Cc2c(F)cccc2F)C1)c1ccc2[nH]nc(-c3ccncc3)c2c1.N/C(=C\N(N)[C@@H]1CCCNC1)c1ccc2[nH]nc(-c3ccncc3)c2c1.O=Cc1c(F)cccc1F. The van der Waals surface area contributed by atoms with E-state index in [4.69, 9.17) is 23.2 Å². The van der Waals surface area contributed by atoms with Crippen LogP contribution >= 0.6 is 0 Å². The van der Waals surface area contributed by atoms with Gasteiger partial charge in [-0.1, -0.05) is 24.3 Å². The highest BCUT2D eigenvalue weighted by atomic mass is 19.1. The van der Waals surface area contributed by atoms with Gasteiger partial charge >= 0.3 is 0 Å². The molecule has 0 bridgehead atoms. The predicted molar refractivity (Wildman–Crippen MR) is 267 cm³/mol. The van der Waals surface area contributed by atoms with Crippen molar-refractivity contribution in [2.24, 2.45) is 23.2 Å². The highest BCUT2D eigenvalue weighted by Crippen LogP contribution is 2.30. The molecular weight excluding hydrogens is 913 g/mol. The topological polar surface area (TPSA) is 226 Å². The second kappa shape index (κ2) is 23.1. The van der Waals surface area contributed by atoms with Gasteiger partial charge in [0.05, 0.1) is 40.1 Å². The number of hydrogen-bond acceptors (Lipinski definition) is 13. The zero-order valence-electron chi connectivity index (χ0n) is 38.7. The fourth-order valence-corrected chi connectivity index (χ4v) is 8.56. The number of hydrazine groups is 2. The van der Waals surface area contributed by atoms with Crippen LogP contribution in [0.25, 0.3) is 55.7 Å². The number of hydrogen-bond donors (Lipinski definition) is 7. The van der Waals surface area contributed by atoms with Crippen molar-refractivity contribution in [1.82, 2.24) is 50.6 Å². The molecule has 15 nitrogen and oxygen atoms in total. The van der Waals surface area contributed by atoms with Crippen molar-refractivity contribution in [2.45, 2.75) is 44.3 Å². The Morgan fingerprint density at radius 2 is 1.15 bits per heavy atom. The Kier molecular flexibility index (Phi) is 16.1. The Labute approximate surface area is 407 Å². The number of nitrogens with two attached hydrogens (primary N) is 4. The van der Waals surface area contributed by atoms with E-state index in [0.717, 1.165) is 113 Å². The molecule has 11 N–H and O–H groups in total. The molecule has 71 heavy (non-hydrogen) atoms. The predicted octanol–water partition coefficient (Wildman–Crippen LogP) is 7.59. The third-order valence-electron chi connectivity index (χ3n) is 12.4. The summed E-state index contributed by atoms with van der Waals surface area (Å²) in [5.41, 5.74) is 20.8. The van der Waals surface area contributed by atoms with Gasteiger partial charge < -0.3 is 26.8 Å². The number of H-pyrrole nitrogens is 2. The number of likely N-dealkylation sites (tertiary alicyclic amines) is 1. The smallest absolute Gasteiger partial charge is 0.155 e. The summed E-state index contributed by atoms with van der Waals surface area (Å²) in [6, 6.07) is 27.0. The van der Waals surface area contributed by atoms with Crippen LogP contribution in [0.4, 0.5) is 17.6 Å². The van der Waals surface area contributed by atoms with Gasteiger partial charge in [-0.2, -0.15) is 10.2 Å². The number of halogens is 4. The molecule has 2 aliphatic rings. The maximum atomic E-state index is 14.1. The molecule has 10 rings (SSSR count). The van der Waals surface area contributed by atoms with Crippen molar-refractivity contribution in [3.63, 3.8) is 0 Å². The fourth-order valence-electron chi connectivity index (χ4n) is 8.56. The summed E-state index contributed by atoms with van der Waals surface area (Å²) < 4.78 is 53.0. The number of rotatable bonds is 11. The number of carbonyl (C=O) groups is 1.